The first-order valence-corrected chi connectivity index (χ1v) is 20.5. The second kappa shape index (κ2) is 14.1. The number of nitrogens with zero attached hydrogens (tertiary/aromatic N) is 2. The molecule has 2 saturated heterocycles. The molecule has 3 amide bonds. The van der Waals surface area contributed by atoms with Crippen LogP contribution in [-0.2, 0) is 30.6 Å². The Labute approximate surface area is 310 Å². The van der Waals surface area contributed by atoms with E-state index in [2.05, 4.69) is 20.3 Å². The first kappa shape index (κ1) is 37.4. The van der Waals surface area contributed by atoms with Gasteiger partial charge < -0.3 is 20.3 Å². The number of sulfonamides is 1. The molecule has 0 bridgehead atoms. The molecule has 5 atom stereocenters. The van der Waals surface area contributed by atoms with E-state index in [1.54, 1.807) is 6.92 Å². The van der Waals surface area contributed by atoms with Crippen LogP contribution < -0.4 is 20.1 Å². The van der Waals surface area contributed by atoms with Gasteiger partial charge in [-0.2, -0.15) is 13.2 Å². The van der Waals surface area contributed by atoms with Gasteiger partial charge in [-0.3, -0.25) is 19.1 Å². The van der Waals surface area contributed by atoms with E-state index in [-0.39, 0.29) is 31.0 Å². The van der Waals surface area contributed by atoms with E-state index in [4.69, 9.17) is 4.74 Å². The first-order valence-electron chi connectivity index (χ1n) is 18.2. The van der Waals surface area contributed by atoms with E-state index in [1.165, 1.54) is 28.4 Å². The van der Waals surface area contributed by atoms with E-state index in [0.29, 0.717) is 37.3 Å². The lowest BCUT2D eigenvalue weighted by Gasteiger charge is -2.30. The lowest BCUT2D eigenvalue weighted by molar-refractivity contribution is -0.140. The minimum Gasteiger partial charge on any atom is -0.465 e. The summed E-state index contributed by atoms with van der Waals surface area (Å²) in [6.45, 7) is 3.54. The van der Waals surface area contributed by atoms with Gasteiger partial charge in [0.15, 0.2) is 0 Å². The van der Waals surface area contributed by atoms with Gasteiger partial charge in [-0.25, -0.2) is 13.4 Å². The molecule has 0 unspecified atom stereocenters. The van der Waals surface area contributed by atoms with Crippen molar-refractivity contribution < 1.29 is 40.7 Å². The molecule has 3 heterocycles. The summed E-state index contributed by atoms with van der Waals surface area (Å²) in [4.78, 5) is 48.6. The average molecular weight is 776 g/mol. The van der Waals surface area contributed by atoms with Crippen LogP contribution in [0.25, 0.3) is 10.2 Å². The van der Waals surface area contributed by atoms with Gasteiger partial charge in [-0.15, -0.1) is 0 Å². The van der Waals surface area contributed by atoms with E-state index < -0.39 is 68.0 Å². The van der Waals surface area contributed by atoms with Gasteiger partial charge >= 0.3 is 6.18 Å². The summed E-state index contributed by atoms with van der Waals surface area (Å²) in [7, 11) is -3.98. The normalized spacial score (nSPS) is 27.8. The second-order valence-corrected chi connectivity index (χ2v) is 18.5. The van der Waals surface area contributed by atoms with Crippen molar-refractivity contribution in [2.24, 2.45) is 5.92 Å². The zero-order chi connectivity index (χ0) is 37.8. The number of nitrogens with one attached hydrogen (secondary N) is 3. The summed E-state index contributed by atoms with van der Waals surface area (Å²) in [5, 5.41) is 6.30. The Kier molecular flexibility index (Phi) is 9.92. The molecule has 3 N–H and O–H groups in total. The Bertz CT molecular complexity index is 2020. The highest BCUT2D eigenvalue weighted by Crippen LogP contribution is 2.49. The zero-order valence-electron chi connectivity index (χ0n) is 29.6. The van der Waals surface area contributed by atoms with Crippen molar-refractivity contribution in [3.05, 3.63) is 53.6 Å². The SMILES string of the molecule is Cc1ccc2nc(O[C@@H]3C[C@H]4C(=O)N[C@]5(C(=O)NS(=O)(=O)C6(C)CC6)C[C@H]5CCCCCCC[C@H](Nc5cccc(C(F)(F)F)c5)C(=O)N4C3)sc2c1. The van der Waals surface area contributed by atoms with Crippen LogP contribution in [-0.4, -0.2) is 71.0 Å². The third-order valence-corrected chi connectivity index (χ3v) is 14.3. The van der Waals surface area contributed by atoms with Gasteiger partial charge in [0.05, 0.1) is 27.1 Å². The largest absolute Gasteiger partial charge is 0.465 e. The van der Waals surface area contributed by atoms with Crippen LogP contribution in [0.1, 0.15) is 88.7 Å². The molecule has 1 aromatic heterocycles. The predicted molar refractivity (Wildman–Crippen MR) is 194 cm³/mol. The molecular formula is C37H44F3N5O6S2. The summed E-state index contributed by atoms with van der Waals surface area (Å²) in [6.07, 6.45) is 0.679. The smallest absolute Gasteiger partial charge is 0.416 e. The molecule has 2 aliphatic carbocycles. The highest BCUT2D eigenvalue weighted by atomic mass is 32.2. The van der Waals surface area contributed by atoms with Gasteiger partial charge in [0.1, 0.15) is 23.7 Å². The van der Waals surface area contributed by atoms with Crippen LogP contribution in [0.15, 0.2) is 42.5 Å². The van der Waals surface area contributed by atoms with Gasteiger partial charge in [-0.05, 0) is 87.8 Å². The maximum atomic E-state index is 14.5. The molecule has 53 heavy (non-hydrogen) atoms. The molecule has 4 fully saturated rings. The predicted octanol–water partition coefficient (Wildman–Crippen LogP) is 6.07. The molecule has 4 aliphatic rings. The molecule has 286 valence electrons. The Balaban J connectivity index is 1.19. The summed E-state index contributed by atoms with van der Waals surface area (Å²) in [5.41, 5.74) is -0.396. The number of aryl methyl sites for hydroxylation is 1. The number of anilines is 1. The Morgan fingerprint density at radius 3 is 2.53 bits per heavy atom. The minimum atomic E-state index is -4.58. The lowest BCUT2D eigenvalue weighted by Crippen LogP contribution is -2.58. The van der Waals surface area contributed by atoms with E-state index >= 15 is 0 Å². The number of thiazole rings is 1. The van der Waals surface area contributed by atoms with Crippen molar-refractivity contribution >= 4 is 55.0 Å². The topological polar surface area (TPSA) is 147 Å². The number of aromatic nitrogens is 1. The van der Waals surface area contributed by atoms with Crippen LogP contribution in [0.5, 0.6) is 5.19 Å². The van der Waals surface area contributed by atoms with Crippen molar-refractivity contribution in [1.29, 1.82) is 0 Å². The van der Waals surface area contributed by atoms with Crippen molar-refractivity contribution in [3.8, 4) is 5.19 Å². The first-order chi connectivity index (χ1) is 25.1. The molecule has 7 rings (SSSR count). The molecule has 2 aromatic carbocycles. The number of halogens is 3. The zero-order valence-corrected chi connectivity index (χ0v) is 31.3. The number of benzene rings is 2. The third kappa shape index (κ3) is 7.84. The number of amides is 3. The standard InChI is InChI=1S/C37H44F3N5O6S2/c1-22-13-14-27-30(17-22)52-34(42-27)51-26-19-29-31(46)43-36(33(48)44-53(49,50)35(2)15-16-35)20-24(36)9-6-4-3-5-7-12-28(32(47)45(29)21-26)41-25-11-8-10-23(18-25)37(38,39)40/h8,10-11,13-14,17-18,24,26,28-29,41H,3-7,9,12,15-16,19-21H2,1-2H3,(H,43,46)(H,44,48)/t24-,26-,28+,29+,36-/m1/s1. The van der Waals surface area contributed by atoms with Crippen molar-refractivity contribution in [2.45, 2.75) is 119 Å². The average Bonchev–Trinajstić information content (AvgIpc) is 3.91. The van der Waals surface area contributed by atoms with Crippen LogP contribution in [0, 0.1) is 12.8 Å². The minimum absolute atomic E-state index is 0.0119. The molecule has 16 heteroatoms. The van der Waals surface area contributed by atoms with Crippen LogP contribution >= 0.6 is 11.3 Å². The molecular weight excluding hydrogens is 732 g/mol. The Morgan fingerprint density at radius 1 is 1.06 bits per heavy atom. The Morgan fingerprint density at radius 2 is 1.79 bits per heavy atom. The van der Waals surface area contributed by atoms with Gasteiger partial charge in [-0.1, -0.05) is 55.6 Å². The van der Waals surface area contributed by atoms with Crippen molar-refractivity contribution in [3.63, 3.8) is 0 Å². The molecule has 3 aromatic rings. The van der Waals surface area contributed by atoms with Crippen molar-refractivity contribution in [2.75, 3.05) is 11.9 Å². The monoisotopic (exact) mass is 775 g/mol. The number of carbonyl (C=O) groups is 3. The Hall–Kier alpha value is -3.92. The maximum absolute atomic E-state index is 14.5. The molecule has 11 nitrogen and oxygen atoms in total. The summed E-state index contributed by atoms with van der Waals surface area (Å²) >= 11 is 1.34. The second-order valence-electron chi connectivity index (χ2n) is 15.3. The highest BCUT2D eigenvalue weighted by Gasteiger charge is 2.63. The van der Waals surface area contributed by atoms with Gasteiger partial charge in [0, 0.05) is 12.1 Å². The molecule has 0 spiro atoms. The third-order valence-electron chi connectivity index (χ3n) is 11.2. The number of rotatable bonds is 7. The fourth-order valence-corrected chi connectivity index (χ4v) is 9.83. The van der Waals surface area contributed by atoms with Gasteiger partial charge in [0.25, 0.3) is 11.1 Å². The fourth-order valence-electron chi connectivity index (χ4n) is 7.54. The summed E-state index contributed by atoms with van der Waals surface area (Å²) < 4.78 is 75.5. The summed E-state index contributed by atoms with van der Waals surface area (Å²) in [5.74, 6) is -2.16. The summed E-state index contributed by atoms with van der Waals surface area (Å²) in [6, 6.07) is 8.41. The fraction of sp³-hybridized carbons (Fsp3) is 0.568. The number of hydrogen-bond donors (Lipinski definition) is 3. The molecule has 2 saturated carbocycles. The highest BCUT2D eigenvalue weighted by molar-refractivity contribution is 7.91. The number of fused-ring (bicyclic) bond motifs is 3. The van der Waals surface area contributed by atoms with Crippen LogP contribution in [0.3, 0.4) is 0 Å². The lowest BCUT2D eigenvalue weighted by atomic mass is 10.0. The molecule has 2 aliphatic heterocycles. The van der Waals surface area contributed by atoms with E-state index in [1.807, 2.05) is 25.1 Å². The number of ether oxygens (including phenoxy) is 1. The number of hydrogen-bond acceptors (Lipinski definition) is 9. The number of alkyl halides is 3. The van der Waals surface area contributed by atoms with Crippen LogP contribution in [0.2, 0.25) is 0 Å². The quantitative estimate of drug-likeness (QED) is 0.262. The van der Waals surface area contributed by atoms with Crippen molar-refractivity contribution in [1.82, 2.24) is 19.9 Å². The number of carbonyl (C=O) groups excluding carboxylic acids is 3. The van der Waals surface area contributed by atoms with Crippen LogP contribution in [0.4, 0.5) is 18.9 Å². The van der Waals surface area contributed by atoms with E-state index in [9.17, 15) is 36.0 Å². The van der Waals surface area contributed by atoms with Gasteiger partial charge in [0.2, 0.25) is 21.8 Å². The maximum Gasteiger partial charge on any atom is 0.416 e. The molecule has 0 radical (unpaired) electrons. The van der Waals surface area contributed by atoms with E-state index in [0.717, 1.165) is 53.6 Å².